The molecule has 3 nitrogen and oxygen atoms in total. The summed E-state index contributed by atoms with van der Waals surface area (Å²) in [6, 6.07) is 44.6. The molecule has 188 valence electrons. The van der Waals surface area contributed by atoms with Crippen LogP contribution >= 0.6 is 0 Å². The Morgan fingerprint density at radius 3 is 1.21 bits per heavy atom. The largest absolute Gasteiger partial charge is 0.489 e. The lowest BCUT2D eigenvalue weighted by molar-refractivity contribution is 0.290. The maximum Gasteiger partial charge on any atom is 0.124 e. The van der Waals surface area contributed by atoms with Crippen LogP contribution in [0.15, 0.2) is 133 Å². The van der Waals surface area contributed by atoms with Crippen molar-refractivity contribution in [3.8, 4) is 17.2 Å². The summed E-state index contributed by atoms with van der Waals surface area (Å²) in [4.78, 5) is 0. The lowest BCUT2D eigenvalue weighted by Crippen LogP contribution is -1.98. The van der Waals surface area contributed by atoms with Gasteiger partial charge in [0.2, 0.25) is 0 Å². The van der Waals surface area contributed by atoms with E-state index in [9.17, 15) is 0 Å². The van der Waals surface area contributed by atoms with Gasteiger partial charge >= 0.3 is 0 Å². The monoisotopic (exact) mass is 498 g/mol. The first-order chi connectivity index (χ1) is 18.8. The van der Waals surface area contributed by atoms with Gasteiger partial charge in [-0.3, -0.25) is 0 Å². The van der Waals surface area contributed by atoms with E-state index in [0.717, 1.165) is 45.1 Å². The molecule has 0 heterocycles. The van der Waals surface area contributed by atoms with E-state index in [0.29, 0.717) is 19.8 Å². The molecule has 0 bridgehead atoms. The van der Waals surface area contributed by atoms with Crippen molar-refractivity contribution in [2.24, 2.45) is 0 Å². The Morgan fingerprint density at radius 2 is 0.763 bits per heavy atom. The number of hydrogen-bond donors (Lipinski definition) is 0. The maximum absolute atomic E-state index is 6.13. The molecule has 0 aliphatic carbocycles. The Balaban J connectivity index is 1.27. The van der Waals surface area contributed by atoms with E-state index in [1.165, 1.54) is 0 Å². The molecule has 0 atom stereocenters. The van der Waals surface area contributed by atoms with Crippen LogP contribution in [0.1, 0.15) is 27.8 Å². The number of benzene rings is 5. The van der Waals surface area contributed by atoms with Crippen LogP contribution in [-0.4, -0.2) is 0 Å². The average Bonchev–Trinajstić information content (AvgIpc) is 2.99. The Bertz CT molecular complexity index is 1370. The van der Waals surface area contributed by atoms with E-state index >= 15 is 0 Å². The smallest absolute Gasteiger partial charge is 0.124 e. The van der Waals surface area contributed by atoms with Crippen molar-refractivity contribution in [1.82, 2.24) is 0 Å². The average molecular weight is 499 g/mol. The van der Waals surface area contributed by atoms with Gasteiger partial charge in [0.05, 0.1) is 0 Å². The lowest BCUT2D eigenvalue weighted by Gasteiger charge is -2.12. The molecule has 0 saturated carbocycles. The zero-order chi connectivity index (χ0) is 25.8. The molecule has 0 fully saturated rings. The molecule has 3 heteroatoms. The summed E-state index contributed by atoms with van der Waals surface area (Å²) >= 11 is 0. The van der Waals surface area contributed by atoms with Crippen LogP contribution < -0.4 is 14.2 Å². The van der Waals surface area contributed by atoms with Crippen LogP contribution in [-0.2, 0) is 19.8 Å². The Labute approximate surface area is 224 Å². The summed E-state index contributed by atoms with van der Waals surface area (Å²) in [6.45, 7) is 1.55. The molecular weight excluding hydrogens is 468 g/mol. The van der Waals surface area contributed by atoms with Gasteiger partial charge in [0.1, 0.15) is 37.1 Å². The van der Waals surface area contributed by atoms with Crippen molar-refractivity contribution < 1.29 is 14.2 Å². The third kappa shape index (κ3) is 7.62. The molecule has 0 unspecified atom stereocenters. The second-order valence-electron chi connectivity index (χ2n) is 8.96. The molecule has 5 aromatic rings. The van der Waals surface area contributed by atoms with Crippen molar-refractivity contribution in [1.29, 1.82) is 0 Å². The number of ether oxygens (including phenoxy) is 3. The molecule has 0 spiro atoms. The minimum absolute atomic E-state index is 0.497. The first-order valence-corrected chi connectivity index (χ1v) is 12.7. The van der Waals surface area contributed by atoms with Crippen LogP contribution in [0.25, 0.3) is 12.2 Å². The molecule has 5 aromatic carbocycles. The third-order valence-corrected chi connectivity index (χ3v) is 6.00. The predicted octanol–water partition coefficient (Wildman–Crippen LogP) is 8.59. The van der Waals surface area contributed by atoms with Crippen molar-refractivity contribution in [3.63, 3.8) is 0 Å². The molecule has 0 amide bonds. The van der Waals surface area contributed by atoms with Crippen LogP contribution in [0.5, 0.6) is 17.2 Å². The van der Waals surface area contributed by atoms with Crippen LogP contribution in [0.3, 0.4) is 0 Å². The van der Waals surface area contributed by atoms with E-state index in [2.05, 4.69) is 60.7 Å². The van der Waals surface area contributed by atoms with E-state index in [1.54, 1.807) is 0 Å². The first-order valence-electron chi connectivity index (χ1n) is 12.7. The minimum atomic E-state index is 0.497. The zero-order valence-electron chi connectivity index (χ0n) is 21.2. The highest BCUT2D eigenvalue weighted by molar-refractivity contribution is 5.71. The zero-order valence-corrected chi connectivity index (χ0v) is 21.2. The standard InChI is InChI=1S/C35H30O3/c1-4-10-29(11-5-1)25-36-33-20-18-28(19-21-33)16-17-32-22-34(37-26-30-12-6-2-7-13-30)24-35(23-32)38-27-31-14-8-3-9-15-31/h1-24H,25-27H2. The SMILES string of the molecule is C(=Cc1cc(OCc2ccccc2)cc(OCc2ccccc2)c1)c1ccc(OCc2ccccc2)cc1. The molecule has 0 aromatic heterocycles. The summed E-state index contributed by atoms with van der Waals surface area (Å²) in [5, 5.41) is 0. The summed E-state index contributed by atoms with van der Waals surface area (Å²) in [5.41, 5.74) is 5.48. The molecule has 0 aliphatic rings. The highest BCUT2D eigenvalue weighted by Crippen LogP contribution is 2.26. The highest BCUT2D eigenvalue weighted by atomic mass is 16.5. The second kappa shape index (κ2) is 13.0. The van der Waals surface area contributed by atoms with Crippen molar-refractivity contribution in [2.75, 3.05) is 0 Å². The number of rotatable bonds is 11. The quantitative estimate of drug-likeness (QED) is 0.171. The predicted molar refractivity (Wildman–Crippen MR) is 154 cm³/mol. The van der Waals surface area contributed by atoms with Crippen molar-refractivity contribution in [3.05, 3.63) is 161 Å². The van der Waals surface area contributed by atoms with Crippen LogP contribution in [0.4, 0.5) is 0 Å². The first kappa shape index (κ1) is 24.9. The molecule has 38 heavy (non-hydrogen) atoms. The van der Waals surface area contributed by atoms with Gasteiger partial charge in [0, 0.05) is 6.07 Å². The van der Waals surface area contributed by atoms with Gasteiger partial charge in [-0.15, -0.1) is 0 Å². The Morgan fingerprint density at radius 1 is 0.368 bits per heavy atom. The second-order valence-corrected chi connectivity index (χ2v) is 8.96. The fourth-order valence-corrected chi connectivity index (χ4v) is 3.95. The molecular formula is C35H30O3. The van der Waals surface area contributed by atoms with Crippen molar-refractivity contribution >= 4 is 12.2 Å². The van der Waals surface area contributed by atoms with Gasteiger partial charge in [-0.05, 0) is 52.1 Å². The minimum Gasteiger partial charge on any atom is -0.489 e. The molecule has 0 aliphatic heterocycles. The molecule has 0 radical (unpaired) electrons. The van der Waals surface area contributed by atoms with Crippen LogP contribution in [0.2, 0.25) is 0 Å². The summed E-state index contributed by atoms with van der Waals surface area (Å²) < 4.78 is 18.2. The topological polar surface area (TPSA) is 27.7 Å². The normalized spacial score (nSPS) is 10.8. The van der Waals surface area contributed by atoms with Gasteiger partial charge in [0.15, 0.2) is 0 Å². The van der Waals surface area contributed by atoms with Gasteiger partial charge < -0.3 is 14.2 Å². The Kier molecular flexibility index (Phi) is 8.51. The van der Waals surface area contributed by atoms with Gasteiger partial charge in [-0.25, -0.2) is 0 Å². The highest BCUT2D eigenvalue weighted by Gasteiger charge is 2.04. The number of hydrogen-bond acceptors (Lipinski definition) is 3. The molecule has 5 rings (SSSR count). The van der Waals surface area contributed by atoms with E-state index in [-0.39, 0.29) is 0 Å². The molecule has 0 N–H and O–H groups in total. The van der Waals surface area contributed by atoms with E-state index < -0.39 is 0 Å². The van der Waals surface area contributed by atoms with E-state index in [1.807, 2.05) is 84.9 Å². The fraction of sp³-hybridized carbons (Fsp3) is 0.0857. The van der Waals surface area contributed by atoms with E-state index in [4.69, 9.17) is 14.2 Å². The maximum atomic E-state index is 6.13. The van der Waals surface area contributed by atoms with Gasteiger partial charge in [-0.2, -0.15) is 0 Å². The third-order valence-electron chi connectivity index (χ3n) is 6.00. The van der Waals surface area contributed by atoms with Crippen LogP contribution in [0, 0.1) is 0 Å². The summed E-state index contributed by atoms with van der Waals surface area (Å²) in [6.07, 6.45) is 4.16. The van der Waals surface area contributed by atoms with Gasteiger partial charge in [-0.1, -0.05) is 115 Å². The molecule has 0 saturated heterocycles. The summed E-state index contributed by atoms with van der Waals surface area (Å²) in [5.74, 6) is 2.38. The van der Waals surface area contributed by atoms with Crippen molar-refractivity contribution in [2.45, 2.75) is 19.8 Å². The fourth-order valence-electron chi connectivity index (χ4n) is 3.95. The lowest BCUT2D eigenvalue weighted by atomic mass is 10.1. The summed E-state index contributed by atoms with van der Waals surface area (Å²) in [7, 11) is 0. The van der Waals surface area contributed by atoms with Gasteiger partial charge in [0.25, 0.3) is 0 Å². The Hall–Kier alpha value is -4.76.